The average molecular weight is 470 g/mol. The van der Waals surface area contributed by atoms with Crippen LogP contribution in [0, 0.1) is 13.8 Å². The predicted molar refractivity (Wildman–Crippen MR) is 131 cm³/mol. The number of nitrogens with zero attached hydrogens (tertiary/aromatic N) is 5. The van der Waals surface area contributed by atoms with E-state index >= 15 is 0 Å². The molecule has 0 aliphatic carbocycles. The molecule has 2 N–H and O–H groups in total. The third-order valence-corrected chi connectivity index (χ3v) is 7.35. The van der Waals surface area contributed by atoms with Crippen LogP contribution in [0.4, 0.5) is 17.2 Å². The van der Waals surface area contributed by atoms with Gasteiger partial charge in [-0.15, -0.1) is 0 Å². The van der Waals surface area contributed by atoms with E-state index in [1.54, 1.807) is 30.8 Å². The maximum absolute atomic E-state index is 12.8. The highest BCUT2D eigenvalue weighted by Crippen LogP contribution is 2.23. The molecule has 0 saturated carbocycles. The third-order valence-electron chi connectivity index (χ3n) is 6.02. The van der Waals surface area contributed by atoms with Crippen LogP contribution in [0.15, 0.2) is 53.6 Å². The van der Waals surface area contributed by atoms with Crippen molar-refractivity contribution in [2.45, 2.75) is 18.7 Å². The van der Waals surface area contributed by atoms with Crippen LogP contribution in [0.25, 0.3) is 0 Å². The van der Waals surface area contributed by atoms with E-state index in [2.05, 4.69) is 54.2 Å². The molecule has 1 fully saturated rings. The van der Waals surface area contributed by atoms with Crippen LogP contribution >= 0.6 is 0 Å². The molecule has 2 aromatic heterocycles. The lowest BCUT2D eigenvalue weighted by atomic mass is 10.2. The second kappa shape index (κ2) is 9.80. The molecule has 0 bridgehead atoms. The molecule has 3 aromatic rings. The van der Waals surface area contributed by atoms with E-state index in [0.717, 1.165) is 45.0 Å². The molecular weight excluding hydrogens is 438 g/mol. The maximum Gasteiger partial charge on any atom is 0.263 e. The Labute approximate surface area is 195 Å². The predicted octanol–water partition coefficient (Wildman–Crippen LogP) is 2.47. The minimum absolute atomic E-state index is 0.118. The highest BCUT2D eigenvalue weighted by Gasteiger charge is 2.20. The van der Waals surface area contributed by atoms with Crippen LogP contribution in [0.5, 0.6) is 0 Å². The highest BCUT2D eigenvalue weighted by atomic mass is 32.2. The molecule has 33 heavy (non-hydrogen) atoms. The summed E-state index contributed by atoms with van der Waals surface area (Å²) in [5.74, 6) is 0.658. The van der Waals surface area contributed by atoms with Gasteiger partial charge in [0.05, 0.1) is 17.1 Å². The molecule has 1 aliphatic heterocycles. The zero-order valence-electron chi connectivity index (χ0n) is 19.3. The van der Waals surface area contributed by atoms with Gasteiger partial charge in [-0.3, -0.25) is 14.3 Å². The van der Waals surface area contributed by atoms with E-state index < -0.39 is 10.0 Å². The fraction of sp³-hybridized carbons (Fsp3) is 0.391. The average Bonchev–Trinajstić information content (AvgIpc) is 3.06. The quantitative estimate of drug-likeness (QED) is 0.523. The molecule has 9 nitrogen and oxygen atoms in total. The zero-order valence-corrected chi connectivity index (χ0v) is 20.1. The van der Waals surface area contributed by atoms with Crippen molar-refractivity contribution >= 4 is 27.2 Å². The summed E-state index contributed by atoms with van der Waals surface area (Å²) >= 11 is 0. The Bertz CT molecular complexity index is 1170. The Hall–Kier alpha value is -3.11. The SMILES string of the molecule is Cc1nn(C)c(C)c1NS(=O)(=O)c1ccc(NCCN2CCN(c3ccccc3)CC2)nc1. The molecule has 0 amide bonds. The Morgan fingerprint density at radius 1 is 1.00 bits per heavy atom. The number of para-hydroxylation sites is 1. The summed E-state index contributed by atoms with van der Waals surface area (Å²) in [6.07, 6.45) is 1.38. The van der Waals surface area contributed by atoms with Crippen molar-refractivity contribution in [3.63, 3.8) is 0 Å². The lowest BCUT2D eigenvalue weighted by molar-refractivity contribution is 0.267. The molecular formula is C23H31N7O2S. The highest BCUT2D eigenvalue weighted by molar-refractivity contribution is 7.92. The number of sulfonamides is 1. The van der Waals surface area contributed by atoms with Crippen LogP contribution in [-0.2, 0) is 17.1 Å². The van der Waals surface area contributed by atoms with Crippen LogP contribution in [-0.4, -0.2) is 67.4 Å². The van der Waals surface area contributed by atoms with Crippen molar-refractivity contribution in [3.05, 3.63) is 60.0 Å². The van der Waals surface area contributed by atoms with Gasteiger partial charge in [0.15, 0.2) is 0 Å². The van der Waals surface area contributed by atoms with Crippen molar-refractivity contribution in [1.29, 1.82) is 0 Å². The molecule has 0 atom stereocenters. The molecule has 0 spiro atoms. The van der Waals surface area contributed by atoms with E-state index in [1.807, 2.05) is 13.0 Å². The van der Waals surface area contributed by atoms with Crippen molar-refractivity contribution in [2.75, 3.05) is 54.2 Å². The van der Waals surface area contributed by atoms with E-state index in [0.29, 0.717) is 17.2 Å². The smallest absolute Gasteiger partial charge is 0.263 e. The van der Waals surface area contributed by atoms with Gasteiger partial charge in [-0.05, 0) is 38.1 Å². The van der Waals surface area contributed by atoms with Gasteiger partial charge in [-0.2, -0.15) is 5.10 Å². The number of aryl methyl sites for hydroxylation is 2. The van der Waals surface area contributed by atoms with E-state index in [4.69, 9.17) is 0 Å². The van der Waals surface area contributed by atoms with Gasteiger partial charge < -0.3 is 10.2 Å². The van der Waals surface area contributed by atoms with Crippen molar-refractivity contribution in [1.82, 2.24) is 19.7 Å². The Balaban J connectivity index is 1.26. The summed E-state index contributed by atoms with van der Waals surface area (Å²) in [4.78, 5) is 9.25. The molecule has 176 valence electrons. The molecule has 1 aliphatic rings. The molecule has 0 unspecified atom stereocenters. The molecule has 1 aromatic carbocycles. The van der Waals surface area contributed by atoms with Crippen molar-refractivity contribution in [3.8, 4) is 0 Å². The summed E-state index contributed by atoms with van der Waals surface area (Å²) in [7, 11) is -1.95. The number of rotatable bonds is 8. The first-order valence-electron chi connectivity index (χ1n) is 11.1. The minimum atomic E-state index is -3.73. The van der Waals surface area contributed by atoms with Gasteiger partial charge in [0.25, 0.3) is 10.0 Å². The molecule has 3 heterocycles. The largest absolute Gasteiger partial charge is 0.369 e. The number of piperazine rings is 1. The molecule has 0 radical (unpaired) electrons. The second-order valence-electron chi connectivity index (χ2n) is 8.25. The summed E-state index contributed by atoms with van der Waals surface area (Å²) in [6, 6.07) is 13.8. The number of hydrogen-bond acceptors (Lipinski definition) is 7. The fourth-order valence-electron chi connectivity index (χ4n) is 3.97. The van der Waals surface area contributed by atoms with Crippen LogP contribution in [0.1, 0.15) is 11.4 Å². The minimum Gasteiger partial charge on any atom is -0.369 e. The van der Waals surface area contributed by atoms with E-state index in [-0.39, 0.29) is 4.90 Å². The van der Waals surface area contributed by atoms with Gasteiger partial charge in [-0.1, -0.05) is 18.2 Å². The fourth-order valence-corrected chi connectivity index (χ4v) is 5.09. The first-order valence-corrected chi connectivity index (χ1v) is 12.6. The van der Waals surface area contributed by atoms with Crippen LogP contribution in [0.2, 0.25) is 0 Å². The number of benzene rings is 1. The van der Waals surface area contributed by atoms with Gasteiger partial charge in [0.2, 0.25) is 0 Å². The molecule has 1 saturated heterocycles. The Morgan fingerprint density at radius 3 is 2.33 bits per heavy atom. The van der Waals surface area contributed by atoms with Gasteiger partial charge >= 0.3 is 0 Å². The normalized spacial score (nSPS) is 14.9. The number of nitrogens with one attached hydrogen (secondary N) is 2. The topological polar surface area (TPSA) is 95.4 Å². The summed E-state index contributed by atoms with van der Waals surface area (Å²) in [5, 5.41) is 7.54. The first kappa shape index (κ1) is 23.1. The monoisotopic (exact) mass is 469 g/mol. The van der Waals surface area contributed by atoms with E-state index in [9.17, 15) is 8.42 Å². The first-order chi connectivity index (χ1) is 15.8. The van der Waals surface area contributed by atoms with Gasteiger partial charge in [-0.25, -0.2) is 13.4 Å². The number of aromatic nitrogens is 3. The number of hydrogen-bond donors (Lipinski definition) is 2. The summed E-state index contributed by atoms with van der Waals surface area (Å²) in [5.41, 5.74) is 3.17. The third kappa shape index (κ3) is 5.45. The standard InChI is InChI=1S/C23H31N7O2S/c1-18-23(19(2)28(3)26-18)27-33(31,32)21-9-10-22(25-17-21)24-11-12-29-13-15-30(16-14-29)20-7-5-4-6-8-20/h4-10,17,27H,11-16H2,1-3H3,(H,24,25). The van der Waals surface area contributed by atoms with Crippen LogP contribution < -0.4 is 14.9 Å². The lowest BCUT2D eigenvalue weighted by Gasteiger charge is -2.36. The molecule has 10 heteroatoms. The van der Waals surface area contributed by atoms with Crippen molar-refractivity contribution in [2.24, 2.45) is 7.05 Å². The van der Waals surface area contributed by atoms with Crippen molar-refractivity contribution < 1.29 is 8.42 Å². The zero-order chi connectivity index (χ0) is 23.4. The summed E-state index contributed by atoms with van der Waals surface area (Å²) < 4.78 is 29.8. The number of anilines is 3. The van der Waals surface area contributed by atoms with E-state index in [1.165, 1.54) is 11.9 Å². The lowest BCUT2D eigenvalue weighted by Crippen LogP contribution is -2.47. The Kier molecular flexibility index (Phi) is 6.85. The maximum atomic E-state index is 12.8. The van der Waals surface area contributed by atoms with Gasteiger partial charge in [0, 0.05) is 58.2 Å². The van der Waals surface area contributed by atoms with Gasteiger partial charge in [0.1, 0.15) is 10.7 Å². The number of pyridine rings is 1. The second-order valence-corrected chi connectivity index (χ2v) is 9.93. The Morgan fingerprint density at radius 2 is 1.73 bits per heavy atom. The summed E-state index contributed by atoms with van der Waals surface area (Å²) in [6.45, 7) is 9.31. The molecule has 4 rings (SSSR count). The van der Waals surface area contributed by atoms with Crippen LogP contribution in [0.3, 0.4) is 0 Å².